The number of rotatable bonds is 5. The molecule has 1 fully saturated rings. The summed E-state index contributed by atoms with van der Waals surface area (Å²) in [6.45, 7) is 1.55. The number of benzene rings is 1. The van der Waals surface area contributed by atoms with Gasteiger partial charge in [-0.1, -0.05) is 22.0 Å². The zero-order valence-electron chi connectivity index (χ0n) is 14.6. The Morgan fingerprint density at radius 3 is 2.41 bits per heavy atom. The van der Waals surface area contributed by atoms with E-state index in [4.69, 9.17) is 4.74 Å². The van der Waals surface area contributed by atoms with Crippen molar-refractivity contribution in [2.75, 3.05) is 32.8 Å². The number of halogens is 2. The summed E-state index contributed by atoms with van der Waals surface area (Å²) in [4.78, 5) is 32.1. The van der Waals surface area contributed by atoms with Gasteiger partial charge in [0.25, 0.3) is 5.91 Å². The normalized spacial score (nSPS) is 14.1. The molecule has 0 spiro atoms. The molecule has 2 amide bonds. The SMILES string of the molecule is O=C(COc1ccc(Br)cc1F)N1CCN(C(=O)Cc2ccccn2)CC1. The van der Waals surface area contributed by atoms with Gasteiger partial charge in [-0.3, -0.25) is 14.6 Å². The molecule has 1 aromatic heterocycles. The molecule has 6 nitrogen and oxygen atoms in total. The lowest BCUT2D eigenvalue weighted by atomic mass is 10.2. The first kappa shape index (κ1) is 19.3. The second-order valence-corrected chi connectivity index (χ2v) is 7.04. The molecule has 0 atom stereocenters. The van der Waals surface area contributed by atoms with Crippen molar-refractivity contribution in [1.29, 1.82) is 0 Å². The minimum atomic E-state index is -0.526. The number of carbonyl (C=O) groups excluding carboxylic acids is 2. The highest BCUT2D eigenvalue weighted by molar-refractivity contribution is 9.10. The fraction of sp³-hybridized carbons (Fsp3) is 0.316. The van der Waals surface area contributed by atoms with Gasteiger partial charge < -0.3 is 14.5 Å². The smallest absolute Gasteiger partial charge is 0.260 e. The van der Waals surface area contributed by atoms with E-state index in [9.17, 15) is 14.0 Å². The van der Waals surface area contributed by atoms with Crippen LogP contribution in [0.5, 0.6) is 5.75 Å². The van der Waals surface area contributed by atoms with Gasteiger partial charge in [0.1, 0.15) is 0 Å². The highest BCUT2D eigenvalue weighted by atomic mass is 79.9. The number of aromatic nitrogens is 1. The topological polar surface area (TPSA) is 62.7 Å². The number of hydrogen-bond acceptors (Lipinski definition) is 4. The van der Waals surface area contributed by atoms with Crippen LogP contribution in [0.25, 0.3) is 0 Å². The molecule has 0 aliphatic carbocycles. The van der Waals surface area contributed by atoms with Crippen LogP contribution in [-0.2, 0) is 16.0 Å². The summed E-state index contributed by atoms with van der Waals surface area (Å²) in [5.41, 5.74) is 0.728. The first-order valence-electron chi connectivity index (χ1n) is 8.56. The number of ether oxygens (including phenoxy) is 1. The molecule has 1 aromatic carbocycles. The van der Waals surface area contributed by atoms with E-state index in [-0.39, 0.29) is 30.6 Å². The molecule has 8 heteroatoms. The van der Waals surface area contributed by atoms with Crippen molar-refractivity contribution in [3.05, 3.63) is 58.6 Å². The van der Waals surface area contributed by atoms with Gasteiger partial charge in [-0.25, -0.2) is 4.39 Å². The van der Waals surface area contributed by atoms with E-state index in [0.717, 1.165) is 5.69 Å². The summed E-state index contributed by atoms with van der Waals surface area (Å²) in [6.07, 6.45) is 1.91. The Hall–Kier alpha value is -2.48. The van der Waals surface area contributed by atoms with Crippen molar-refractivity contribution in [3.8, 4) is 5.75 Å². The average Bonchev–Trinajstić information content (AvgIpc) is 2.68. The molecule has 3 rings (SSSR count). The zero-order valence-corrected chi connectivity index (χ0v) is 16.2. The molecule has 0 saturated carbocycles. The van der Waals surface area contributed by atoms with Crippen molar-refractivity contribution in [1.82, 2.24) is 14.8 Å². The fourth-order valence-corrected chi connectivity index (χ4v) is 3.13. The minimum Gasteiger partial charge on any atom is -0.481 e. The molecule has 0 N–H and O–H groups in total. The second-order valence-electron chi connectivity index (χ2n) is 6.12. The Bertz CT molecular complexity index is 811. The molecule has 142 valence electrons. The van der Waals surface area contributed by atoms with Crippen LogP contribution in [0.15, 0.2) is 47.1 Å². The van der Waals surface area contributed by atoms with Gasteiger partial charge in [0.15, 0.2) is 18.2 Å². The third kappa shape index (κ3) is 5.26. The van der Waals surface area contributed by atoms with Gasteiger partial charge in [-0.15, -0.1) is 0 Å². The molecule has 2 aromatic rings. The molecule has 1 aliphatic rings. The molecule has 0 unspecified atom stereocenters. The van der Waals surface area contributed by atoms with Gasteiger partial charge in [-0.2, -0.15) is 0 Å². The number of amides is 2. The van der Waals surface area contributed by atoms with Crippen molar-refractivity contribution in [2.24, 2.45) is 0 Å². The van der Waals surface area contributed by atoms with Crippen LogP contribution in [0.3, 0.4) is 0 Å². The average molecular weight is 436 g/mol. The molecule has 0 bridgehead atoms. The summed E-state index contributed by atoms with van der Waals surface area (Å²) in [5.74, 6) is -0.721. The molecular weight excluding hydrogens is 417 g/mol. The quantitative estimate of drug-likeness (QED) is 0.722. The van der Waals surface area contributed by atoms with E-state index >= 15 is 0 Å². The Morgan fingerprint density at radius 2 is 1.78 bits per heavy atom. The Morgan fingerprint density at radius 1 is 1.07 bits per heavy atom. The molecular formula is C19H19BrFN3O3. The summed E-state index contributed by atoms with van der Waals surface area (Å²) >= 11 is 3.17. The maximum atomic E-state index is 13.7. The lowest BCUT2D eigenvalue weighted by Crippen LogP contribution is -2.52. The van der Waals surface area contributed by atoms with Gasteiger partial charge in [0.05, 0.1) is 6.42 Å². The highest BCUT2D eigenvalue weighted by Gasteiger charge is 2.24. The second kappa shape index (κ2) is 8.94. The van der Waals surface area contributed by atoms with Crippen molar-refractivity contribution in [3.63, 3.8) is 0 Å². The third-order valence-corrected chi connectivity index (χ3v) is 4.78. The molecule has 1 saturated heterocycles. The molecule has 0 radical (unpaired) electrons. The number of hydrogen-bond donors (Lipinski definition) is 0. The van der Waals surface area contributed by atoms with Crippen LogP contribution in [0.2, 0.25) is 0 Å². The fourth-order valence-electron chi connectivity index (χ4n) is 2.80. The maximum Gasteiger partial charge on any atom is 0.260 e. The van der Waals surface area contributed by atoms with E-state index in [1.54, 1.807) is 28.1 Å². The summed E-state index contributed by atoms with van der Waals surface area (Å²) in [5, 5.41) is 0. The lowest BCUT2D eigenvalue weighted by Gasteiger charge is -2.34. The number of pyridine rings is 1. The van der Waals surface area contributed by atoms with E-state index in [0.29, 0.717) is 30.7 Å². The van der Waals surface area contributed by atoms with Gasteiger partial charge in [0, 0.05) is 42.5 Å². The van der Waals surface area contributed by atoms with Gasteiger partial charge in [-0.05, 0) is 30.3 Å². The van der Waals surface area contributed by atoms with E-state index in [2.05, 4.69) is 20.9 Å². The zero-order chi connectivity index (χ0) is 19.2. The summed E-state index contributed by atoms with van der Waals surface area (Å²) < 4.78 is 19.6. The number of piperazine rings is 1. The van der Waals surface area contributed by atoms with E-state index in [1.807, 2.05) is 12.1 Å². The number of nitrogens with zero attached hydrogens (tertiary/aromatic N) is 3. The third-order valence-electron chi connectivity index (χ3n) is 4.29. The van der Waals surface area contributed by atoms with Crippen molar-refractivity contribution < 1.29 is 18.7 Å². The van der Waals surface area contributed by atoms with Crippen LogP contribution in [0, 0.1) is 5.82 Å². The predicted octanol–water partition coefficient (Wildman–Crippen LogP) is 2.28. The van der Waals surface area contributed by atoms with Crippen LogP contribution in [0.4, 0.5) is 4.39 Å². The lowest BCUT2D eigenvalue weighted by molar-refractivity contribution is -0.140. The van der Waals surface area contributed by atoms with Crippen LogP contribution in [0.1, 0.15) is 5.69 Å². The predicted molar refractivity (Wildman–Crippen MR) is 101 cm³/mol. The van der Waals surface area contributed by atoms with Crippen LogP contribution < -0.4 is 4.74 Å². The highest BCUT2D eigenvalue weighted by Crippen LogP contribution is 2.21. The first-order chi connectivity index (χ1) is 13.0. The summed E-state index contributed by atoms with van der Waals surface area (Å²) in [6, 6.07) is 9.87. The van der Waals surface area contributed by atoms with Crippen molar-refractivity contribution in [2.45, 2.75) is 6.42 Å². The van der Waals surface area contributed by atoms with Gasteiger partial charge >= 0.3 is 0 Å². The Balaban J connectivity index is 1.45. The van der Waals surface area contributed by atoms with Crippen LogP contribution in [-0.4, -0.2) is 59.4 Å². The number of carbonyl (C=O) groups is 2. The van der Waals surface area contributed by atoms with E-state index in [1.165, 1.54) is 12.1 Å². The molecule has 2 heterocycles. The first-order valence-corrected chi connectivity index (χ1v) is 9.35. The maximum absolute atomic E-state index is 13.7. The van der Waals surface area contributed by atoms with Crippen molar-refractivity contribution >= 4 is 27.7 Å². The molecule has 1 aliphatic heterocycles. The van der Waals surface area contributed by atoms with Crippen LogP contribution >= 0.6 is 15.9 Å². The standard InChI is InChI=1S/C19H19BrFN3O3/c20-14-4-5-17(16(21)11-14)27-13-19(26)24-9-7-23(8-10-24)18(25)12-15-3-1-2-6-22-15/h1-6,11H,7-10,12-13H2. The Kier molecular flexibility index (Phi) is 6.39. The minimum absolute atomic E-state index is 0.00557. The van der Waals surface area contributed by atoms with E-state index < -0.39 is 5.82 Å². The summed E-state index contributed by atoms with van der Waals surface area (Å²) in [7, 11) is 0. The monoisotopic (exact) mass is 435 g/mol. The van der Waals surface area contributed by atoms with Gasteiger partial charge in [0.2, 0.25) is 5.91 Å². The Labute approximate surface area is 165 Å². The largest absolute Gasteiger partial charge is 0.481 e. The molecule has 27 heavy (non-hydrogen) atoms.